The summed E-state index contributed by atoms with van der Waals surface area (Å²) in [7, 11) is 2.16. The summed E-state index contributed by atoms with van der Waals surface area (Å²) in [5.41, 5.74) is 0.499. The highest BCUT2D eigenvalue weighted by Gasteiger charge is 2.41. The lowest BCUT2D eigenvalue weighted by atomic mass is 9.86. The Bertz CT molecular complexity index is 589. The second kappa shape index (κ2) is 7.40. The first-order valence-electron chi connectivity index (χ1n) is 8.67. The van der Waals surface area contributed by atoms with E-state index >= 15 is 0 Å². The molecule has 1 aromatic carbocycles. The molecule has 2 saturated heterocycles. The van der Waals surface area contributed by atoms with Gasteiger partial charge in [-0.3, -0.25) is 9.69 Å². The van der Waals surface area contributed by atoms with Crippen LogP contribution in [0.25, 0.3) is 0 Å². The number of likely N-dealkylation sites (N-methyl/N-ethyl adjacent to an activating group) is 1. The van der Waals surface area contributed by atoms with Crippen LogP contribution in [0.15, 0.2) is 24.3 Å². The van der Waals surface area contributed by atoms with Crippen LogP contribution in [0.1, 0.15) is 30.9 Å². The molecule has 1 atom stereocenters. The summed E-state index contributed by atoms with van der Waals surface area (Å²) < 4.78 is 0. The standard InChI is InChI=1S/C18H26ClN3O2/c1-21-11-4-12-22(13-18(21)7-9-20-10-8-18)17(24)16(23)14-5-2-3-6-15(14)19/h2-3,5-6,16,20,23H,4,7-13H2,1H3. The number of carbonyl (C=O) groups is 1. The minimum absolute atomic E-state index is 0.0115. The van der Waals surface area contributed by atoms with Crippen molar-refractivity contribution in [1.82, 2.24) is 15.1 Å². The highest BCUT2D eigenvalue weighted by atomic mass is 35.5. The number of halogens is 1. The van der Waals surface area contributed by atoms with Crippen LogP contribution in [0.2, 0.25) is 5.02 Å². The molecule has 0 saturated carbocycles. The van der Waals surface area contributed by atoms with E-state index in [1.165, 1.54) is 0 Å². The van der Waals surface area contributed by atoms with Gasteiger partial charge in [0.15, 0.2) is 6.10 Å². The number of hydrogen-bond donors (Lipinski definition) is 2. The normalized spacial score (nSPS) is 23.0. The third-order valence-corrected chi connectivity index (χ3v) is 5.84. The van der Waals surface area contributed by atoms with E-state index in [-0.39, 0.29) is 11.4 Å². The third-order valence-electron chi connectivity index (χ3n) is 5.50. The van der Waals surface area contributed by atoms with Crippen molar-refractivity contribution in [2.75, 3.05) is 39.8 Å². The van der Waals surface area contributed by atoms with E-state index in [2.05, 4.69) is 17.3 Å². The molecular formula is C18H26ClN3O2. The van der Waals surface area contributed by atoms with Crippen LogP contribution < -0.4 is 5.32 Å². The third kappa shape index (κ3) is 3.45. The maximum absolute atomic E-state index is 12.9. The van der Waals surface area contributed by atoms with Gasteiger partial charge in [-0.25, -0.2) is 0 Å². The number of amides is 1. The van der Waals surface area contributed by atoms with Crippen molar-refractivity contribution in [3.05, 3.63) is 34.9 Å². The number of nitrogens with zero attached hydrogens (tertiary/aromatic N) is 2. The molecule has 2 fully saturated rings. The number of nitrogens with one attached hydrogen (secondary N) is 1. The minimum Gasteiger partial charge on any atom is -0.378 e. The van der Waals surface area contributed by atoms with Crippen molar-refractivity contribution in [2.45, 2.75) is 30.9 Å². The number of rotatable bonds is 2. The second-order valence-corrected chi connectivity index (χ2v) is 7.34. The van der Waals surface area contributed by atoms with Gasteiger partial charge in [0, 0.05) is 35.8 Å². The summed E-state index contributed by atoms with van der Waals surface area (Å²) in [5, 5.41) is 14.4. The number of piperidine rings is 1. The number of aliphatic hydroxyl groups excluding tert-OH is 1. The molecular weight excluding hydrogens is 326 g/mol. The zero-order valence-electron chi connectivity index (χ0n) is 14.2. The Hall–Kier alpha value is -1.14. The van der Waals surface area contributed by atoms with Crippen molar-refractivity contribution >= 4 is 17.5 Å². The summed E-state index contributed by atoms with van der Waals surface area (Å²) in [4.78, 5) is 17.2. The molecule has 0 bridgehead atoms. The van der Waals surface area contributed by atoms with E-state index in [1.807, 2.05) is 4.90 Å². The first-order chi connectivity index (χ1) is 11.5. The van der Waals surface area contributed by atoms with Gasteiger partial charge in [0.1, 0.15) is 0 Å². The number of benzene rings is 1. The number of aliphatic hydroxyl groups is 1. The van der Waals surface area contributed by atoms with E-state index in [9.17, 15) is 9.90 Å². The van der Waals surface area contributed by atoms with E-state index in [1.54, 1.807) is 24.3 Å². The molecule has 2 heterocycles. The first kappa shape index (κ1) is 17.7. The smallest absolute Gasteiger partial charge is 0.256 e. The Morgan fingerprint density at radius 2 is 2.00 bits per heavy atom. The van der Waals surface area contributed by atoms with Crippen LogP contribution in [0, 0.1) is 0 Å². The van der Waals surface area contributed by atoms with Gasteiger partial charge in [-0.05, 0) is 45.5 Å². The van der Waals surface area contributed by atoms with Gasteiger partial charge in [-0.1, -0.05) is 29.8 Å². The Balaban J connectivity index is 1.80. The van der Waals surface area contributed by atoms with Crippen molar-refractivity contribution in [2.24, 2.45) is 0 Å². The summed E-state index contributed by atoms with van der Waals surface area (Å²) in [6, 6.07) is 7.02. The fourth-order valence-corrected chi connectivity index (χ4v) is 4.15. The molecule has 6 heteroatoms. The summed E-state index contributed by atoms with van der Waals surface area (Å²) >= 11 is 6.15. The van der Waals surface area contributed by atoms with Crippen LogP contribution in [0.3, 0.4) is 0 Å². The van der Waals surface area contributed by atoms with Gasteiger partial charge >= 0.3 is 0 Å². The molecule has 1 amide bonds. The maximum Gasteiger partial charge on any atom is 0.256 e. The molecule has 0 aliphatic carbocycles. The van der Waals surface area contributed by atoms with Crippen molar-refractivity contribution in [3.63, 3.8) is 0 Å². The summed E-state index contributed by atoms with van der Waals surface area (Å²) in [6.07, 6.45) is 1.78. The summed E-state index contributed by atoms with van der Waals surface area (Å²) in [5.74, 6) is -0.240. The second-order valence-electron chi connectivity index (χ2n) is 6.93. The average molecular weight is 352 g/mol. The SMILES string of the molecule is CN1CCCN(C(=O)C(O)c2ccccc2Cl)CC12CCNCC2. The Morgan fingerprint density at radius 1 is 1.29 bits per heavy atom. The molecule has 2 N–H and O–H groups in total. The highest BCUT2D eigenvalue weighted by Crippen LogP contribution is 2.31. The molecule has 132 valence electrons. The van der Waals surface area contributed by atoms with E-state index < -0.39 is 6.10 Å². The van der Waals surface area contributed by atoms with Gasteiger partial charge in [0.2, 0.25) is 0 Å². The molecule has 3 rings (SSSR count). The van der Waals surface area contributed by atoms with Crippen LogP contribution >= 0.6 is 11.6 Å². The van der Waals surface area contributed by atoms with E-state index in [0.29, 0.717) is 23.7 Å². The van der Waals surface area contributed by atoms with Gasteiger partial charge in [0.25, 0.3) is 5.91 Å². The number of hydrogen-bond acceptors (Lipinski definition) is 4. The van der Waals surface area contributed by atoms with Crippen molar-refractivity contribution in [3.8, 4) is 0 Å². The largest absolute Gasteiger partial charge is 0.378 e. The predicted molar refractivity (Wildman–Crippen MR) is 95.1 cm³/mol. The van der Waals surface area contributed by atoms with Crippen molar-refractivity contribution < 1.29 is 9.90 Å². The van der Waals surface area contributed by atoms with Gasteiger partial charge in [0.05, 0.1) is 0 Å². The van der Waals surface area contributed by atoms with Gasteiger partial charge in [-0.2, -0.15) is 0 Å². The molecule has 1 unspecified atom stereocenters. The monoisotopic (exact) mass is 351 g/mol. The zero-order valence-corrected chi connectivity index (χ0v) is 14.9. The van der Waals surface area contributed by atoms with Crippen molar-refractivity contribution in [1.29, 1.82) is 0 Å². The fourth-order valence-electron chi connectivity index (χ4n) is 3.91. The van der Waals surface area contributed by atoms with Gasteiger partial charge < -0.3 is 15.3 Å². The Kier molecular flexibility index (Phi) is 5.45. The average Bonchev–Trinajstić information content (AvgIpc) is 2.75. The molecule has 0 radical (unpaired) electrons. The van der Waals surface area contributed by atoms with Gasteiger partial charge in [-0.15, -0.1) is 0 Å². The Morgan fingerprint density at radius 3 is 2.71 bits per heavy atom. The molecule has 2 aliphatic heterocycles. The quantitative estimate of drug-likeness (QED) is 0.851. The van der Waals surface area contributed by atoms with Crippen LogP contribution in [-0.4, -0.2) is 66.1 Å². The minimum atomic E-state index is -1.19. The van der Waals surface area contributed by atoms with Crippen LogP contribution in [0.4, 0.5) is 0 Å². The molecule has 24 heavy (non-hydrogen) atoms. The summed E-state index contributed by atoms with van der Waals surface area (Å²) in [6.45, 7) is 4.27. The lowest BCUT2D eigenvalue weighted by Crippen LogP contribution is -2.58. The Labute approximate surface area is 148 Å². The van der Waals surface area contributed by atoms with Crippen LogP contribution in [0.5, 0.6) is 0 Å². The lowest BCUT2D eigenvalue weighted by molar-refractivity contribution is -0.142. The topological polar surface area (TPSA) is 55.8 Å². The van der Waals surface area contributed by atoms with E-state index in [4.69, 9.17) is 11.6 Å². The predicted octanol–water partition coefficient (Wildman–Crippen LogP) is 1.66. The lowest BCUT2D eigenvalue weighted by Gasteiger charge is -2.45. The van der Waals surface area contributed by atoms with Crippen LogP contribution in [-0.2, 0) is 4.79 Å². The zero-order chi connectivity index (χ0) is 17.2. The fraction of sp³-hybridized carbons (Fsp3) is 0.611. The molecule has 5 nitrogen and oxygen atoms in total. The molecule has 2 aliphatic rings. The first-order valence-corrected chi connectivity index (χ1v) is 9.04. The number of carbonyl (C=O) groups excluding carboxylic acids is 1. The molecule has 0 aromatic heterocycles. The maximum atomic E-state index is 12.9. The molecule has 1 aromatic rings. The van der Waals surface area contributed by atoms with E-state index in [0.717, 1.165) is 38.9 Å². The highest BCUT2D eigenvalue weighted by molar-refractivity contribution is 6.31. The molecule has 1 spiro atoms.